The highest BCUT2D eigenvalue weighted by molar-refractivity contribution is 7.80. The highest BCUT2D eigenvalue weighted by Crippen LogP contribution is 2.31. The van der Waals surface area contributed by atoms with Gasteiger partial charge >= 0.3 is 0 Å². The number of thiocarbonyl (C=S) groups is 1. The fraction of sp³-hybridized carbons (Fsp3) is 0.174. The van der Waals surface area contributed by atoms with Crippen molar-refractivity contribution in [2.24, 2.45) is 5.73 Å². The maximum Gasteiger partial charge on any atom is 0.281 e. The molecule has 4 rings (SSSR count). The second-order valence-corrected chi connectivity index (χ2v) is 7.50. The third kappa shape index (κ3) is 3.77. The minimum atomic E-state index is -0.433. The number of ether oxygens (including phenoxy) is 1. The first kappa shape index (κ1) is 20.6. The molecule has 0 bridgehead atoms. The first-order valence-corrected chi connectivity index (χ1v) is 10.2. The lowest BCUT2D eigenvalue weighted by atomic mass is 10.1. The molecule has 1 aromatic heterocycles. The van der Waals surface area contributed by atoms with E-state index >= 15 is 0 Å². The van der Waals surface area contributed by atoms with E-state index in [1.807, 2.05) is 61.7 Å². The number of amides is 2. The molecule has 2 aromatic carbocycles. The number of carbonyl (C=O) groups excluding carboxylic acids is 2. The van der Waals surface area contributed by atoms with Crippen LogP contribution in [0.4, 0.5) is 5.69 Å². The Morgan fingerprint density at radius 3 is 2.55 bits per heavy atom. The molecule has 0 aliphatic carbocycles. The summed E-state index contributed by atoms with van der Waals surface area (Å²) < 4.78 is 7.26. The minimum absolute atomic E-state index is 0.0597. The van der Waals surface area contributed by atoms with Gasteiger partial charge < -0.3 is 19.9 Å². The van der Waals surface area contributed by atoms with Gasteiger partial charge in [0, 0.05) is 29.7 Å². The monoisotopic (exact) mass is 434 g/mol. The molecular formula is C23H22N4O3S. The molecule has 0 unspecified atom stereocenters. The van der Waals surface area contributed by atoms with Gasteiger partial charge in [0.15, 0.2) is 5.11 Å². The third-order valence-corrected chi connectivity index (χ3v) is 5.56. The Labute approximate surface area is 185 Å². The summed E-state index contributed by atoms with van der Waals surface area (Å²) in [5.74, 6) is 0.0791. The predicted molar refractivity (Wildman–Crippen MR) is 125 cm³/mol. The molecule has 7 nitrogen and oxygen atoms in total. The topological polar surface area (TPSA) is 80.8 Å². The molecule has 1 fully saturated rings. The number of hydrogen-bond donors (Lipinski definition) is 1. The number of benzene rings is 2. The fourth-order valence-electron chi connectivity index (χ4n) is 3.68. The van der Waals surface area contributed by atoms with Crippen LogP contribution in [0.5, 0.6) is 5.75 Å². The molecule has 2 amide bonds. The molecular weight excluding hydrogens is 412 g/mol. The van der Waals surface area contributed by atoms with E-state index in [1.54, 1.807) is 22.6 Å². The van der Waals surface area contributed by atoms with Crippen LogP contribution in [0.15, 0.2) is 60.4 Å². The molecule has 3 aromatic rings. The number of fused-ring (bicyclic) bond motifs is 1. The van der Waals surface area contributed by atoms with E-state index in [1.165, 1.54) is 4.90 Å². The summed E-state index contributed by atoms with van der Waals surface area (Å²) in [7, 11) is 1.77. The summed E-state index contributed by atoms with van der Waals surface area (Å²) in [5.41, 5.74) is 8.19. The molecule has 1 aliphatic rings. The van der Waals surface area contributed by atoms with Crippen molar-refractivity contribution >= 4 is 51.8 Å². The first-order chi connectivity index (χ1) is 14.9. The molecule has 31 heavy (non-hydrogen) atoms. The predicted octanol–water partition coefficient (Wildman–Crippen LogP) is 3.13. The van der Waals surface area contributed by atoms with Gasteiger partial charge in [-0.3, -0.25) is 14.5 Å². The Morgan fingerprint density at radius 2 is 1.87 bits per heavy atom. The zero-order valence-electron chi connectivity index (χ0n) is 17.2. The average molecular weight is 435 g/mol. The largest absolute Gasteiger partial charge is 0.494 e. The van der Waals surface area contributed by atoms with Crippen LogP contribution in [0.2, 0.25) is 0 Å². The molecule has 1 saturated heterocycles. The summed E-state index contributed by atoms with van der Waals surface area (Å²) in [4.78, 5) is 27.9. The van der Waals surface area contributed by atoms with E-state index in [-0.39, 0.29) is 12.5 Å². The molecule has 2 N–H and O–H groups in total. The van der Waals surface area contributed by atoms with Crippen LogP contribution in [0.3, 0.4) is 0 Å². The molecule has 1 aliphatic heterocycles. The van der Waals surface area contributed by atoms with E-state index in [2.05, 4.69) is 0 Å². The van der Waals surface area contributed by atoms with E-state index in [9.17, 15) is 9.59 Å². The number of primary amides is 1. The van der Waals surface area contributed by atoms with Crippen LogP contribution >= 0.6 is 12.2 Å². The standard InChI is InChI=1S/C23H22N4O3S/c1-3-30-17-10-8-16(9-11-17)27-22(29)20(25(2)23(27)31)12-15-13-26(14-21(24)28)19-7-5-4-6-18(15)19/h4-13H,3,14H2,1-2H3,(H2,24,28)/b20-12-. The zero-order chi connectivity index (χ0) is 22.1. The van der Waals surface area contributed by atoms with Gasteiger partial charge in [0.2, 0.25) is 5.91 Å². The van der Waals surface area contributed by atoms with Crippen molar-refractivity contribution in [2.45, 2.75) is 13.5 Å². The first-order valence-electron chi connectivity index (χ1n) is 9.83. The summed E-state index contributed by atoms with van der Waals surface area (Å²) in [5, 5.41) is 1.31. The van der Waals surface area contributed by atoms with Crippen molar-refractivity contribution in [3.05, 3.63) is 66.0 Å². The smallest absolute Gasteiger partial charge is 0.281 e. The van der Waals surface area contributed by atoms with Gasteiger partial charge in [-0.2, -0.15) is 0 Å². The number of rotatable bonds is 6. The summed E-state index contributed by atoms with van der Waals surface area (Å²) in [6, 6.07) is 14.9. The van der Waals surface area contributed by atoms with Crippen molar-refractivity contribution in [1.29, 1.82) is 0 Å². The Balaban J connectivity index is 1.73. The lowest BCUT2D eigenvalue weighted by Gasteiger charge is -2.16. The van der Waals surface area contributed by atoms with Gasteiger partial charge in [-0.15, -0.1) is 0 Å². The number of para-hydroxylation sites is 1. The van der Waals surface area contributed by atoms with Gasteiger partial charge in [0.05, 0.1) is 12.3 Å². The van der Waals surface area contributed by atoms with Crippen LogP contribution in [-0.4, -0.2) is 40.0 Å². The van der Waals surface area contributed by atoms with Crippen molar-refractivity contribution in [3.8, 4) is 5.75 Å². The molecule has 158 valence electrons. The number of hydrogen-bond acceptors (Lipinski definition) is 4. The number of aromatic nitrogens is 1. The molecule has 0 saturated carbocycles. The van der Waals surface area contributed by atoms with E-state index in [0.717, 1.165) is 22.2 Å². The fourth-order valence-corrected chi connectivity index (χ4v) is 3.97. The maximum atomic E-state index is 13.3. The molecule has 0 atom stereocenters. The van der Waals surface area contributed by atoms with Gasteiger partial charge in [-0.1, -0.05) is 18.2 Å². The number of nitrogens with two attached hydrogens (primary N) is 1. The highest BCUT2D eigenvalue weighted by atomic mass is 32.1. The lowest BCUT2D eigenvalue weighted by Crippen LogP contribution is -2.31. The minimum Gasteiger partial charge on any atom is -0.494 e. The normalized spacial score (nSPS) is 15.4. The van der Waals surface area contributed by atoms with Crippen molar-refractivity contribution in [2.75, 3.05) is 18.6 Å². The summed E-state index contributed by atoms with van der Waals surface area (Å²) in [6.45, 7) is 2.54. The lowest BCUT2D eigenvalue weighted by molar-refractivity contribution is -0.118. The van der Waals surface area contributed by atoms with Crippen LogP contribution in [0, 0.1) is 0 Å². The highest BCUT2D eigenvalue weighted by Gasteiger charge is 2.37. The zero-order valence-corrected chi connectivity index (χ0v) is 18.1. The SMILES string of the molecule is CCOc1ccc(N2C(=O)/C(=C/c3cn(CC(N)=O)c4ccccc34)N(C)C2=S)cc1. The third-order valence-electron chi connectivity index (χ3n) is 5.11. The second-order valence-electron chi connectivity index (χ2n) is 7.13. The number of nitrogens with zero attached hydrogens (tertiary/aromatic N) is 3. The van der Waals surface area contributed by atoms with E-state index in [0.29, 0.717) is 23.1 Å². The molecule has 0 spiro atoms. The van der Waals surface area contributed by atoms with E-state index < -0.39 is 5.91 Å². The van der Waals surface area contributed by atoms with E-state index in [4.69, 9.17) is 22.7 Å². The van der Waals surface area contributed by atoms with Crippen LogP contribution < -0.4 is 15.4 Å². The summed E-state index contributed by atoms with van der Waals surface area (Å²) in [6.07, 6.45) is 3.62. The quantitative estimate of drug-likeness (QED) is 0.476. The van der Waals surface area contributed by atoms with Gasteiger partial charge in [0.1, 0.15) is 18.0 Å². The van der Waals surface area contributed by atoms with Crippen molar-refractivity contribution < 1.29 is 14.3 Å². The second kappa shape index (κ2) is 8.23. The van der Waals surface area contributed by atoms with Gasteiger partial charge in [-0.25, -0.2) is 0 Å². The van der Waals surface area contributed by atoms with Gasteiger partial charge in [0.25, 0.3) is 5.91 Å². The molecule has 8 heteroatoms. The molecule has 0 radical (unpaired) electrons. The van der Waals surface area contributed by atoms with Crippen LogP contribution in [-0.2, 0) is 16.1 Å². The number of anilines is 1. The Bertz CT molecular complexity index is 1210. The summed E-state index contributed by atoms with van der Waals surface area (Å²) >= 11 is 5.55. The van der Waals surface area contributed by atoms with Crippen molar-refractivity contribution in [1.82, 2.24) is 9.47 Å². The van der Waals surface area contributed by atoms with Crippen molar-refractivity contribution in [3.63, 3.8) is 0 Å². The molecule has 2 heterocycles. The van der Waals surface area contributed by atoms with Crippen LogP contribution in [0.25, 0.3) is 17.0 Å². The Kier molecular flexibility index (Phi) is 5.48. The van der Waals surface area contributed by atoms with Gasteiger partial charge in [-0.05, 0) is 55.5 Å². The van der Waals surface area contributed by atoms with Crippen LogP contribution in [0.1, 0.15) is 12.5 Å². The average Bonchev–Trinajstić information content (AvgIpc) is 3.19. The number of carbonyl (C=O) groups is 2. The maximum absolute atomic E-state index is 13.3. The Morgan fingerprint density at radius 1 is 1.16 bits per heavy atom. The number of likely N-dealkylation sites (N-methyl/N-ethyl adjacent to an activating group) is 1. The Hall–Kier alpha value is -3.65.